The number of nitrogens with one attached hydrogen (secondary N) is 2. The number of ether oxygens (including phenoxy) is 1. The first kappa shape index (κ1) is 22.3. The van der Waals surface area contributed by atoms with Crippen molar-refractivity contribution in [2.45, 2.75) is 62.4 Å². The van der Waals surface area contributed by atoms with E-state index in [-0.39, 0.29) is 23.3 Å². The van der Waals surface area contributed by atoms with Gasteiger partial charge in [0.1, 0.15) is 11.8 Å². The molecular formula is C23H30N2O4S. The lowest BCUT2D eigenvalue weighted by molar-refractivity contribution is -0.123. The molecule has 1 amide bonds. The molecule has 0 saturated heterocycles. The monoisotopic (exact) mass is 430 g/mol. The Morgan fingerprint density at radius 2 is 1.80 bits per heavy atom. The summed E-state index contributed by atoms with van der Waals surface area (Å²) in [5.74, 6) is 0.337. The Balaban J connectivity index is 1.81. The lowest BCUT2D eigenvalue weighted by Crippen LogP contribution is -2.50. The first-order valence-corrected chi connectivity index (χ1v) is 11.9. The normalized spacial score (nSPS) is 16.1. The molecule has 2 aromatic rings. The van der Waals surface area contributed by atoms with Crippen molar-refractivity contribution in [3.63, 3.8) is 0 Å². The Morgan fingerprint density at radius 3 is 2.43 bits per heavy atom. The minimum absolute atomic E-state index is 0.109. The minimum atomic E-state index is -3.88. The first-order chi connectivity index (χ1) is 14.4. The SMILES string of the molecule is COc1ccc(S(=O)(=O)N[C@H](Cc2ccccc2)C(=O)NC2CCCCC2)cc1C. The van der Waals surface area contributed by atoms with Gasteiger partial charge < -0.3 is 10.1 Å². The van der Waals surface area contributed by atoms with Crippen LogP contribution in [0.15, 0.2) is 53.4 Å². The van der Waals surface area contributed by atoms with Crippen molar-refractivity contribution < 1.29 is 17.9 Å². The Hall–Kier alpha value is -2.38. The number of aryl methyl sites for hydroxylation is 1. The highest BCUT2D eigenvalue weighted by atomic mass is 32.2. The molecule has 162 valence electrons. The van der Waals surface area contributed by atoms with E-state index in [9.17, 15) is 13.2 Å². The van der Waals surface area contributed by atoms with Crippen LogP contribution in [0.25, 0.3) is 0 Å². The first-order valence-electron chi connectivity index (χ1n) is 10.4. The number of hydrogen-bond donors (Lipinski definition) is 2. The van der Waals surface area contributed by atoms with E-state index in [0.29, 0.717) is 11.3 Å². The summed E-state index contributed by atoms with van der Waals surface area (Å²) in [5.41, 5.74) is 1.61. The third-order valence-corrected chi connectivity index (χ3v) is 6.99. The van der Waals surface area contributed by atoms with Crippen molar-refractivity contribution in [2.75, 3.05) is 7.11 Å². The van der Waals surface area contributed by atoms with Crippen LogP contribution in [0.4, 0.5) is 0 Å². The van der Waals surface area contributed by atoms with E-state index in [0.717, 1.165) is 31.2 Å². The van der Waals surface area contributed by atoms with Gasteiger partial charge in [0.25, 0.3) is 0 Å². The Morgan fingerprint density at radius 1 is 1.10 bits per heavy atom. The van der Waals surface area contributed by atoms with E-state index < -0.39 is 16.1 Å². The number of hydrogen-bond acceptors (Lipinski definition) is 4. The largest absolute Gasteiger partial charge is 0.496 e. The lowest BCUT2D eigenvalue weighted by atomic mass is 9.95. The van der Waals surface area contributed by atoms with E-state index in [1.54, 1.807) is 26.2 Å². The topological polar surface area (TPSA) is 84.5 Å². The molecule has 1 saturated carbocycles. The highest BCUT2D eigenvalue weighted by Gasteiger charge is 2.28. The molecule has 2 N–H and O–H groups in total. The molecule has 30 heavy (non-hydrogen) atoms. The summed E-state index contributed by atoms with van der Waals surface area (Å²) in [6, 6.07) is 13.3. The van der Waals surface area contributed by atoms with Crippen molar-refractivity contribution in [1.29, 1.82) is 0 Å². The Kier molecular flexibility index (Phi) is 7.50. The van der Waals surface area contributed by atoms with Gasteiger partial charge in [0.15, 0.2) is 0 Å². The van der Waals surface area contributed by atoms with Crippen LogP contribution in [0.3, 0.4) is 0 Å². The number of sulfonamides is 1. The highest BCUT2D eigenvalue weighted by molar-refractivity contribution is 7.89. The summed E-state index contributed by atoms with van der Waals surface area (Å²) in [6.07, 6.45) is 5.52. The second-order valence-electron chi connectivity index (χ2n) is 7.84. The maximum atomic E-state index is 13.0. The molecule has 0 aliphatic heterocycles. The van der Waals surface area contributed by atoms with Crippen molar-refractivity contribution in [1.82, 2.24) is 10.0 Å². The van der Waals surface area contributed by atoms with Gasteiger partial charge in [0.05, 0.1) is 12.0 Å². The zero-order chi connectivity index (χ0) is 21.6. The molecule has 0 unspecified atom stereocenters. The molecule has 0 aromatic heterocycles. The molecule has 2 aromatic carbocycles. The zero-order valence-electron chi connectivity index (χ0n) is 17.6. The number of rotatable bonds is 8. The number of benzene rings is 2. The molecule has 3 rings (SSSR count). The van der Waals surface area contributed by atoms with Gasteiger partial charge in [0.2, 0.25) is 15.9 Å². The Bertz CT molecular complexity index is 954. The van der Waals surface area contributed by atoms with Gasteiger partial charge in [-0.15, -0.1) is 0 Å². The van der Waals surface area contributed by atoms with E-state index in [1.807, 2.05) is 30.3 Å². The van der Waals surface area contributed by atoms with E-state index in [2.05, 4.69) is 10.0 Å². The van der Waals surface area contributed by atoms with Crippen LogP contribution in [0.5, 0.6) is 5.75 Å². The maximum Gasteiger partial charge on any atom is 0.241 e. The van der Waals surface area contributed by atoms with Crippen LogP contribution in [0.2, 0.25) is 0 Å². The minimum Gasteiger partial charge on any atom is -0.496 e. The number of carbonyl (C=O) groups excluding carboxylic acids is 1. The van der Waals surface area contributed by atoms with E-state index in [4.69, 9.17) is 4.74 Å². The van der Waals surface area contributed by atoms with Crippen molar-refractivity contribution >= 4 is 15.9 Å². The molecule has 1 atom stereocenters. The molecule has 0 spiro atoms. The maximum absolute atomic E-state index is 13.0. The van der Waals surface area contributed by atoms with Gasteiger partial charge in [-0.2, -0.15) is 4.72 Å². The molecular weight excluding hydrogens is 400 g/mol. The predicted molar refractivity (Wildman–Crippen MR) is 117 cm³/mol. The van der Waals surface area contributed by atoms with Gasteiger partial charge in [0, 0.05) is 6.04 Å². The van der Waals surface area contributed by atoms with Gasteiger partial charge in [-0.3, -0.25) is 4.79 Å². The second-order valence-corrected chi connectivity index (χ2v) is 9.55. The summed E-state index contributed by atoms with van der Waals surface area (Å²) in [5, 5.41) is 3.06. The van der Waals surface area contributed by atoms with Gasteiger partial charge in [-0.05, 0) is 55.5 Å². The summed E-state index contributed by atoms with van der Waals surface area (Å²) >= 11 is 0. The van der Waals surface area contributed by atoms with Gasteiger partial charge in [-0.25, -0.2) is 8.42 Å². The average Bonchev–Trinajstić information content (AvgIpc) is 2.74. The smallest absolute Gasteiger partial charge is 0.241 e. The van der Waals surface area contributed by atoms with Crippen LogP contribution in [-0.2, 0) is 21.2 Å². The van der Waals surface area contributed by atoms with Gasteiger partial charge in [-0.1, -0.05) is 49.6 Å². The van der Waals surface area contributed by atoms with Crippen molar-refractivity contribution in [2.24, 2.45) is 0 Å². The lowest BCUT2D eigenvalue weighted by Gasteiger charge is -2.26. The fraction of sp³-hybridized carbons (Fsp3) is 0.435. The molecule has 1 fully saturated rings. The zero-order valence-corrected chi connectivity index (χ0v) is 18.4. The number of carbonyl (C=O) groups is 1. The molecule has 0 radical (unpaired) electrons. The summed E-state index contributed by atoms with van der Waals surface area (Å²) in [4.78, 5) is 13.1. The van der Waals surface area contributed by atoms with Crippen LogP contribution < -0.4 is 14.8 Å². The third-order valence-electron chi connectivity index (χ3n) is 5.52. The average molecular weight is 431 g/mol. The van der Waals surface area contributed by atoms with Crippen LogP contribution in [0, 0.1) is 6.92 Å². The molecule has 7 heteroatoms. The van der Waals surface area contributed by atoms with Crippen LogP contribution in [0.1, 0.15) is 43.2 Å². The second kappa shape index (κ2) is 10.1. The third kappa shape index (κ3) is 5.83. The highest BCUT2D eigenvalue weighted by Crippen LogP contribution is 2.22. The molecule has 0 bridgehead atoms. The fourth-order valence-corrected chi connectivity index (χ4v) is 5.14. The number of methoxy groups -OCH3 is 1. The van der Waals surface area contributed by atoms with Crippen molar-refractivity contribution in [3.05, 3.63) is 59.7 Å². The fourth-order valence-electron chi connectivity index (χ4n) is 3.86. The molecule has 1 aliphatic carbocycles. The molecule has 0 heterocycles. The van der Waals surface area contributed by atoms with Gasteiger partial charge >= 0.3 is 0 Å². The summed E-state index contributed by atoms with van der Waals surface area (Å²) < 4.78 is 33.9. The van der Waals surface area contributed by atoms with E-state index in [1.165, 1.54) is 12.5 Å². The van der Waals surface area contributed by atoms with Crippen molar-refractivity contribution in [3.8, 4) is 5.75 Å². The Labute approximate surface area is 179 Å². The van der Waals surface area contributed by atoms with Crippen LogP contribution in [-0.4, -0.2) is 33.5 Å². The van der Waals surface area contributed by atoms with Crippen LogP contribution >= 0.6 is 0 Å². The standard InChI is InChI=1S/C23H30N2O4S/c1-17-15-20(13-14-22(17)29-2)30(27,28)25-21(16-18-9-5-3-6-10-18)23(26)24-19-11-7-4-8-12-19/h3,5-6,9-10,13-15,19,21,25H,4,7-8,11-12,16H2,1-2H3,(H,24,26)/t21-/m1/s1. The molecule has 6 nitrogen and oxygen atoms in total. The number of amides is 1. The summed E-state index contributed by atoms with van der Waals surface area (Å²) in [7, 11) is -2.34. The summed E-state index contributed by atoms with van der Waals surface area (Å²) in [6.45, 7) is 1.79. The predicted octanol–water partition coefficient (Wildman–Crippen LogP) is 3.34. The molecule has 1 aliphatic rings. The van der Waals surface area contributed by atoms with E-state index >= 15 is 0 Å². The quantitative estimate of drug-likeness (QED) is 0.673.